The van der Waals surface area contributed by atoms with Crippen LogP contribution in [0.15, 0.2) is 46.9 Å². The molecule has 4 nitrogen and oxygen atoms in total. The van der Waals surface area contributed by atoms with Gasteiger partial charge < -0.3 is 9.73 Å². The number of carbonyl (C=O) groups excluding carboxylic acids is 1. The fourth-order valence-corrected chi connectivity index (χ4v) is 2.14. The first-order chi connectivity index (χ1) is 10.1. The lowest BCUT2D eigenvalue weighted by Gasteiger charge is -2.03. The molecule has 0 saturated carbocycles. The van der Waals surface area contributed by atoms with Crippen LogP contribution in [0.3, 0.4) is 0 Å². The van der Waals surface area contributed by atoms with Gasteiger partial charge in [0.15, 0.2) is 11.3 Å². The summed E-state index contributed by atoms with van der Waals surface area (Å²) in [6.07, 6.45) is 0. The van der Waals surface area contributed by atoms with E-state index in [1.165, 1.54) is 0 Å². The van der Waals surface area contributed by atoms with Crippen LogP contribution in [0.5, 0.6) is 0 Å². The molecule has 2 heterocycles. The number of hydrogen-bond donors (Lipinski definition) is 1. The molecule has 3 aromatic rings. The van der Waals surface area contributed by atoms with Gasteiger partial charge in [0.05, 0.1) is 0 Å². The van der Waals surface area contributed by atoms with Gasteiger partial charge in [0, 0.05) is 23.3 Å². The average Bonchev–Trinajstić information content (AvgIpc) is 2.89. The van der Waals surface area contributed by atoms with E-state index in [1.807, 2.05) is 31.2 Å². The van der Waals surface area contributed by atoms with E-state index in [2.05, 4.69) is 10.3 Å². The zero-order chi connectivity index (χ0) is 14.8. The van der Waals surface area contributed by atoms with Crippen LogP contribution < -0.4 is 5.32 Å². The van der Waals surface area contributed by atoms with E-state index in [0.717, 1.165) is 11.3 Å². The molecule has 3 rings (SSSR count). The highest BCUT2D eigenvalue weighted by molar-refractivity contribution is 6.30. The summed E-state index contributed by atoms with van der Waals surface area (Å²) >= 11 is 5.82. The Labute approximate surface area is 126 Å². The van der Waals surface area contributed by atoms with Crippen molar-refractivity contribution in [1.29, 1.82) is 0 Å². The molecular weight excluding hydrogens is 288 g/mol. The van der Waals surface area contributed by atoms with E-state index in [1.54, 1.807) is 18.2 Å². The predicted molar refractivity (Wildman–Crippen MR) is 81.4 cm³/mol. The first-order valence-electron chi connectivity index (χ1n) is 6.52. The number of rotatable bonds is 3. The normalized spacial score (nSPS) is 10.8. The fraction of sp³-hybridized carbons (Fsp3) is 0.125. The van der Waals surface area contributed by atoms with Crippen molar-refractivity contribution in [2.45, 2.75) is 13.5 Å². The van der Waals surface area contributed by atoms with Crippen LogP contribution in [0.4, 0.5) is 0 Å². The van der Waals surface area contributed by atoms with Crippen LogP contribution in [0, 0.1) is 6.92 Å². The minimum Gasteiger partial charge on any atom is -0.449 e. The molecule has 0 aliphatic carbocycles. The Hall–Kier alpha value is -2.33. The summed E-state index contributed by atoms with van der Waals surface area (Å²) in [6, 6.07) is 12.6. The number of pyridine rings is 1. The number of furan rings is 1. The monoisotopic (exact) mass is 300 g/mol. The zero-order valence-corrected chi connectivity index (χ0v) is 12.1. The Morgan fingerprint density at radius 1 is 1.24 bits per heavy atom. The number of amides is 1. The number of carbonyl (C=O) groups is 1. The number of halogens is 1. The fourth-order valence-electron chi connectivity index (χ4n) is 2.01. The molecule has 0 aliphatic rings. The van der Waals surface area contributed by atoms with Crippen LogP contribution in [0.25, 0.3) is 11.1 Å². The second-order valence-electron chi connectivity index (χ2n) is 4.76. The van der Waals surface area contributed by atoms with Gasteiger partial charge in [0.1, 0.15) is 5.52 Å². The molecule has 0 saturated heterocycles. The molecule has 5 heteroatoms. The van der Waals surface area contributed by atoms with Crippen LogP contribution in [0.1, 0.15) is 21.8 Å². The third-order valence-corrected chi connectivity index (χ3v) is 3.35. The second-order valence-corrected chi connectivity index (χ2v) is 5.19. The van der Waals surface area contributed by atoms with Crippen molar-refractivity contribution in [3.05, 3.63) is 64.5 Å². The molecule has 1 N–H and O–H groups in total. The summed E-state index contributed by atoms with van der Waals surface area (Å²) in [5, 5.41) is 3.48. The third kappa shape index (κ3) is 3.06. The molecule has 2 aromatic heterocycles. The Morgan fingerprint density at radius 2 is 2.00 bits per heavy atom. The largest absolute Gasteiger partial charge is 0.449 e. The number of nitrogens with one attached hydrogen (secondary N) is 1. The number of nitrogens with zero attached hydrogens (tertiary/aromatic N) is 1. The zero-order valence-electron chi connectivity index (χ0n) is 11.4. The number of aromatic nitrogens is 1. The SMILES string of the molecule is Cc1ccc2oc(C(=O)NCc3ccc(Cl)cc3)cc2n1. The summed E-state index contributed by atoms with van der Waals surface area (Å²) in [5.41, 5.74) is 3.15. The minimum atomic E-state index is -0.263. The molecule has 0 fully saturated rings. The van der Waals surface area contributed by atoms with Crippen molar-refractivity contribution >= 4 is 28.6 Å². The van der Waals surface area contributed by atoms with Crippen molar-refractivity contribution in [1.82, 2.24) is 10.3 Å². The third-order valence-electron chi connectivity index (χ3n) is 3.10. The molecule has 21 heavy (non-hydrogen) atoms. The van der Waals surface area contributed by atoms with Crippen molar-refractivity contribution in [2.75, 3.05) is 0 Å². The maximum atomic E-state index is 12.1. The lowest BCUT2D eigenvalue weighted by Crippen LogP contribution is -2.22. The molecule has 1 aromatic carbocycles. The van der Waals surface area contributed by atoms with Gasteiger partial charge in [0.2, 0.25) is 0 Å². The number of fused-ring (bicyclic) bond motifs is 1. The molecule has 0 spiro atoms. The highest BCUT2D eigenvalue weighted by Crippen LogP contribution is 2.18. The molecule has 0 bridgehead atoms. The molecule has 106 valence electrons. The van der Waals surface area contributed by atoms with Gasteiger partial charge in [-0.25, -0.2) is 4.98 Å². The second kappa shape index (κ2) is 5.58. The van der Waals surface area contributed by atoms with Crippen molar-refractivity contribution in [3.8, 4) is 0 Å². The van der Waals surface area contributed by atoms with Gasteiger partial charge in [-0.2, -0.15) is 0 Å². The maximum Gasteiger partial charge on any atom is 0.287 e. The van der Waals surface area contributed by atoms with Gasteiger partial charge in [0.25, 0.3) is 5.91 Å². The van der Waals surface area contributed by atoms with Crippen LogP contribution in [-0.4, -0.2) is 10.9 Å². The molecule has 0 aliphatic heterocycles. The molecule has 0 atom stereocenters. The van der Waals surface area contributed by atoms with Gasteiger partial charge >= 0.3 is 0 Å². The quantitative estimate of drug-likeness (QED) is 0.802. The van der Waals surface area contributed by atoms with E-state index in [-0.39, 0.29) is 11.7 Å². The number of benzene rings is 1. The highest BCUT2D eigenvalue weighted by atomic mass is 35.5. The van der Waals surface area contributed by atoms with Crippen molar-refractivity contribution in [3.63, 3.8) is 0 Å². The number of hydrogen-bond acceptors (Lipinski definition) is 3. The summed E-state index contributed by atoms with van der Waals surface area (Å²) in [7, 11) is 0. The minimum absolute atomic E-state index is 0.261. The van der Waals surface area contributed by atoms with E-state index in [9.17, 15) is 4.79 Å². The summed E-state index contributed by atoms with van der Waals surface area (Å²) in [5.74, 6) is -0.00216. The Kier molecular flexibility index (Phi) is 3.62. The van der Waals surface area contributed by atoms with Crippen LogP contribution in [0.2, 0.25) is 5.02 Å². The standard InChI is InChI=1S/C16H13ClN2O2/c1-10-2-7-14-13(19-10)8-15(21-14)16(20)18-9-11-3-5-12(17)6-4-11/h2-8H,9H2,1H3,(H,18,20). The van der Waals surface area contributed by atoms with E-state index >= 15 is 0 Å². The summed E-state index contributed by atoms with van der Waals surface area (Å²) in [6.45, 7) is 2.31. The van der Waals surface area contributed by atoms with Crippen molar-refractivity contribution in [2.24, 2.45) is 0 Å². The Morgan fingerprint density at radius 3 is 2.76 bits per heavy atom. The molecule has 1 amide bonds. The predicted octanol–water partition coefficient (Wildman–Crippen LogP) is 3.72. The number of aryl methyl sites for hydroxylation is 1. The summed E-state index contributed by atoms with van der Waals surface area (Å²) < 4.78 is 5.50. The van der Waals surface area contributed by atoms with Gasteiger partial charge in [-0.1, -0.05) is 23.7 Å². The first kappa shape index (κ1) is 13.6. The van der Waals surface area contributed by atoms with Crippen molar-refractivity contribution < 1.29 is 9.21 Å². The average molecular weight is 301 g/mol. The Balaban J connectivity index is 1.73. The van der Waals surface area contributed by atoms with Crippen LogP contribution >= 0.6 is 11.6 Å². The van der Waals surface area contributed by atoms with E-state index < -0.39 is 0 Å². The summed E-state index contributed by atoms with van der Waals surface area (Å²) in [4.78, 5) is 16.4. The van der Waals surface area contributed by atoms with Crippen LogP contribution in [-0.2, 0) is 6.54 Å². The van der Waals surface area contributed by atoms with E-state index in [4.69, 9.17) is 16.0 Å². The first-order valence-corrected chi connectivity index (χ1v) is 6.89. The van der Waals surface area contributed by atoms with Gasteiger partial charge in [-0.05, 0) is 36.8 Å². The lowest BCUT2D eigenvalue weighted by molar-refractivity contribution is 0.0925. The topological polar surface area (TPSA) is 55.1 Å². The van der Waals surface area contributed by atoms with Gasteiger partial charge in [-0.15, -0.1) is 0 Å². The molecular formula is C16H13ClN2O2. The maximum absolute atomic E-state index is 12.1. The Bertz CT molecular complexity index is 794. The smallest absolute Gasteiger partial charge is 0.287 e. The highest BCUT2D eigenvalue weighted by Gasteiger charge is 2.12. The molecule has 0 unspecified atom stereocenters. The van der Waals surface area contributed by atoms with Gasteiger partial charge in [-0.3, -0.25) is 4.79 Å². The molecule has 0 radical (unpaired) electrons. The van der Waals surface area contributed by atoms with E-state index in [0.29, 0.717) is 22.7 Å². The lowest BCUT2D eigenvalue weighted by atomic mass is 10.2.